The number of rotatable bonds is 3. The third-order valence-electron chi connectivity index (χ3n) is 5.76. The van der Waals surface area contributed by atoms with Gasteiger partial charge in [-0.2, -0.15) is 5.10 Å². The Morgan fingerprint density at radius 1 is 1.00 bits per heavy atom. The highest BCUT2D eigenvalue weighted by Gasteiger charge is 2.39. The summed E-state index contributed by atoms with van der Waals surface area (Å²) in [6.45, 7) is 0. The van der Waals surface area contributed by atoms with E-state index in [1.165, 1.54) is 6.07 Å². The van der Waals surface area contributed by atoms with Crippen molar-refractivity contribution in [3.05, 3.63) is 78.2 Å². The second kappa shape index (κ2) is 6.68. The van der Waals surface area contributed by atoms with Gasteiger partial charge in [-0.25, -0.2) is 28.4 Å². The predicted octanol–water partition coefficient (Wildman–Crippen LogP) is 4.29. The molecule has 0 saturated heterocycles. The van der Waals surface area contributed by atoms with Crippen molar-refractivity contribution in [2.75, 3.05) is 5.73 Å². The van der Waals surface area contributed by atoms with Gasteiger partial charge in [-0.1, -0.05) is 6.07 Å². The third-order valence-corrected chi connectivity index (χ3v) is 5.76. The van der Waals surface area contributed by atoms with Crippen LogP contribution in [0.3, 0.4) is 0 Å². The number of pyridine rings is 2. The molecule has 0 bridgehead atoms. The molecule has 1 aliphatic carbocycles. The van der Waals surface area contributed by atoms with Crippen molar-refractivity contribution < 1.29 is 8.78 Å². The van der Waals surface area contributed by atoms with E-state index in [-0.39, 0.29) is 12.0 Å². The molecule has 0 fully saturated rings. The summed E-state index contributed by atoms with van der Waals surface area (Å²) < 4.78 is 32.4. The molecule has 0 aliphatic heterocycles. The Kier molecular flexibility index (Phi) is 3.89. The Labute approximate surface area is 181 Å². The first-order valence-electron chi connectivity index (χ1n) is 10.1. The Balaban J connectivity index is 1.65. The van der Waals surface area contributed by atoms with Crippen LogP contribution in [0.5, 0.6) is 0 Å². The summed E-state index contributed by atoms with van der Waals surface area (Å²) in [6, 6.07) is 14.1. The Hall–Kier alpha value is -4.14. The molecule has 0 atom stereocenters. The lowest BCUT2D eigenvalue weighted by Crippen LogP contribution is -2.09. The number of aryl methyl sites for hydroxylation is 1. The lowest BCUT2D eigenvalue weighted by Gasteiger charge is -2.14. The lowest BCUT2D eigenvalue weighted by molar-refractivity contribution is -0.00184. The zero-order chi connectivity index (χ0) is 21.9. The number of hydrogen-bond acceptors (Lipinski definition) is 5. The van der Waals surface area contributed by atoms with Gasteiger partial charge in [-0.15, -0.1) is 0 Å². The molecule has 2 N–H and O–H groups in total. The van der Waals surface area contributed by atoms with E-state index in [1.807, 2.05) is 12.1 Å². The van der Waals surface area contributed by atoms with Gasteiger partial charge in [0.1, 0.15) is 11.3 Å². The van der Waals surface area contributed by atoms with Gasteiger partial charge in [0, 0.05) is 36.3 Å². The van der Waals surface area contributed by atoms with Crippen LogP contribution in [0.25, 0.3) is 34.1 Å². The molecule has 5 aromatic rings. The maximum absolute atomic E-state index is 14.5. The summed E-state index contributed by atoms with van der Waals surface area (Å²) in [5, 5.41) is 4.24. The Morgan fingerprint density at radius 3 is 2.72 bits per heavy atom. The summed E-state index contributed by atoms with van der Waals surface area (Å²) >= 11 is 0. The van der Waals surface area contributed by atoms with Crippen LogP contribution in [0.15, 0.2) is 67.1 Å². The van der Waals surface area contributed by atoms with Crippen molar-refractivity contribution in [3.8, 4) is 22.9 Å². The minimum atomic E-state index is -2.86. The molecule has 4 aromatic heterocycles. The molecule has 7 nitrogen and oxygen atoms in total. The first kappa shape index (κ1) is 18.6. The number of alkyl halides is 2. The van der Waals surface area contributed by atoms with Gasteiger partial charge in [0.05, 0.1) is 5.56 Å². The summed E-state index contributed by atoms with van der Waals surface area (Å²) in [4.78, 5) is 13.7. The number of nitrogens with two attached hydrogens (primary N) is 1. The quantitative estimate of drug-likeness (QED) is 0.462. The lowest BCUT2D eigenvalue weighted by atomic mass is 10.1. The first-order valence-corrected chi connectivity index (χ1v) is 10.1. The number of aromatic nitrogens is 6. The molecular weight excluding hydrogens is 412 g/mol. The maximum Gasteiger partial charge on any atom is 0.273 e. The summed E-state index contributed by atoms with van der Waals surface area (Å²) in [5.41, 5.74) is 9.10. The number of hydrogen-bond donors (Lipinski definition) is 1. The number of imidazole rings is 1. The van der Waals surface area contributed by atoms with Gasteiger partial charge in [0.2, 0.25) is 0 Å². The molecule has 9 heteroatoms. The number of nitrogens with zero attached hydrogens (tertiary/aromatic N) is 6. The highest BCUT2D eigenvalue weighted by molar-refractivity contribution is 5.83. The smallest absolute Gasteiger partial charge is 0.273 e. The molecule has 0 saturated carbocycles. The van der Waals surface area contributed by atoms with Crippen molar-refractivity contribution in [3.63, 3.8) is 0 Å². The molecule has 4 heterocycles. The SMILES string of the molecule is Nc1ncccc1-c1nc2ccc(-n3cccn3)nc2n1-c1ccc2c(c1)C(F)(F)CC2. The van der Waals surface area contributed by atoms with Gasteiger partial charge < -0.3 is 5.73 Å². The largest absolute Gasteiger partial charge is 0.383 e. The van der Waals surface area contributed by atoms with Crippen molar-refractivity contribution in [1.82, 2.24) is 29.3 Å². The molecule has 0 amide bonds. The van der Waals surface area contributed by atoms with Crippen LogP contribution in [0.1, 0.15) is 17.5 Å². The molecule has 6 rings (SSSR count). The predicted molar refractivity (Wildman–Crippen MR) is 116 cm³/mol. The monoisotopic (exact) mass is 429 g/mol. The fraction of sp³-hybridized carbons (Fsp3) is 0.130. The fourth-order valence-electron chi connectivity index (χ4n) is 4.20. The van der Waals surface area contributed by atoms with Crippen LogP contribution in [0.4, 0.5) is 14.6 Å². The topological polar surface area (TPSA) is 87.4 Å². The average Bonchev–Trinajstić information content (AvgIpc) is 3.51. The van der Waals surface area contributed by atoms with Crippen LogP contribution in [-0.4, -0.2) is 29.3 Å². The van der Waals surface area contributed by atoms with E-state index in [0.717, 1.165) is 0 Å². The van der Waals surface area contributed by atoms with Crippen molar-refractivity contribution in [2.24, 2.45) is 0 Å². The Bertz CT molecular complexity index is 1470. The van der Waals surface area contributed by atoms with Crippen LogP contribution in [-0.2, 0) is 12.3 Å². The van der Waals surface area contributed by atoms with Crippen molar-refractivity contribution >= 4 is 17.0 Å². The fourth-order valence-corrected chi connectivity index (χ4v) is 4.20. The highest BCUT2D eigenvalue weighted by atomic mass is 19.3. The van der Waals surface area contributed by atoms with Crippen LogP contribution >= 0.6 is 0 Å². The van der Waals surface area contributed by atoms with Crippen LogP contribution in [0.2, 0.25) is 0 Å². The molecule has 0 spiro atoms. The third kappa shape index (κ3) is 2.78. The van der Waals surface area contributed by atoms with E-state index < -0.39 is 5.92 Å². The van der Waals surface area contributed by atoms with Gasteiger partial charge in [-0.3, -0.25) is 4.57 Å². The van der Waals surface area contributed by atoms with E-state index in [0.29, 0.717) is 51.9 Å². The van der Waals surface area contributed by atoms with E-state index in [4.69, 9.17) is 15.7 Å². The van der Waals surface area contributed by atoms with E-state index >= 15 is 0 Å². The van der Waals surface area contributed by atoms with E-state index in [9.17, 15) is 8.78 Å². The molecule has 32 heavy (non-hydrogen) atoms. The standard InChI is InChI=1S/C23H17F2N7/c24-23(25)9-8-14-4-5-15(13-17(14)23)32-21(16-3-1-10-27-20(16)26)29-18-6-7-19(30-22(18)32)31-12-2-11-28-31/h1-7,10-13H,8-9H2,(H2,26,27). The van der Waals surface area contributed by atoms with E-state index in [1.54, 1.807) is 58.2 Å². The zero-order valence-corrected chi connectivity index (χ0v) is 16.8. The zero-order valence-electron chi connectivity index (χ0n) is 16.8. The summed E-state index contributed by atoms with van der Waals surface area (Å²) in [6.07, 6.45) is 5.21. The number of nitrogen functional groups attached to an aromatic ring is 1. The molecule has 0 unspecified atom stereocenters. The van der Waals surface area contributed by atoms with Crippen molar-refractivity contribution in [1.29, 1.82) is 0 Å². The maximum atomic E-state index is 14.5. The molecule has 0 radical (unpaired) electrons. The summed E-state index contributed by atoms with van der Waals surface area (Å²) in [7, 11) is 0. The van der Waals surface area contributed by atoms with Gasteiger partial charge in [0.15, 0.2) is 17.3 Å². The molecule has 158 valence electrons. The van der Waals surface area contributed by atoms with Gasteiger partial charge in [0.25, 0.3) is 5.92 Å². The normalized spacial score (nSPS) is 14.7. The second-order valence-electron chi connectivity index (χ2n) is 7.72. The average molecular weight is 429 g/mol. The molecule has 1 aliphatic rings. The molecular formula is C23H17F2N7. The minimum Gasteiger partial charge on any atom is -0.383 e. The number of fused-ring (bicyclic) bond motifs is 2. The number of halogens is 2. The minimum absolute atomic E-state index is 0.0465. The van der Waals surface area contributed by atoms with Gasteiger partial charge in [-0.05, 0) is 54.4 Å². The van der Waals surface area contributed by atoms with Gasteiger partial charge >= 0.3 is 0 Å². The second-order valence-corrected chi connectivity index (χ2v) is 7.72. The van der Waals surface area contributed by atoms with Crippen LogP contribution < -0.4 is 5.73 Å². The van der Waals surface area contributed by atoms with Crippen LogP contribution in [0, 0.1) is 0 Å². The number of benzene rings is 1. The van der Waals surface area contributed by atoms with Crippen molar-refractivity contribution in [2.45, 2.75) is 18.8 Å². The Morgan fingerprint density at radius 2 is 1.91 bits per heavy atom. The highest BCUT2D eigenvalue weighted by Crippen LogP contribution is 2.43. The number of anilines is 1. The first-order chi connectivity index (χ1) is 15.5. The van der Waals surface area contributed by atoms with E-state index in [2.05, 4.69) is 10.1 Å². The molecule has 1 aromatic carbocycles. The summed E-state index contributed by atoms with van der Waals surface area (Å²) in [5.74, 6) is -1.50.